The Balaban J connectivity index is 1.15. The average molecular weight is 724 g/mol. The van der Waals surface area contributed by atoms with Crippen LogP contribution in [0.3, 0.4) is 0 Å². The number of nitrogens with zero attached hydrogens (tertiary/aromatic N) is 1. The Labute approximate surface area is 308 Å². The molecule has 0 aliphatic heterocycles. The summed E-state index contributed by atoms with van der Waals surface area (Å²) in [6.07, 6.45) is 0. The van der Waals surface area contributed by atoms with Crippen LogP contribution >= 0.6 is 0 Å². The fraction of sp³-hybridized carbons (Fsp3) is 0. The molecule has 1 nitrogen and oxygen atoms in total. The molecule has 0 amide bonds. The molecule has 0 saturated heterocycles. The van der Waals surface area contributed by atoms with Crippen LogP contribution in [0.25, 0.3) is 32.7 Å². The summed E-state index contributed by atoms with van der Waals surface area (Å²) in [6, 6.07) is 82.6. The average Bonchev–Trinajstić information content (AvgIpc) is 3.23. The minimum absolute atomic E-state index is 1.12. The van der Waals surface area contributed by atoms with Crippen LogP contribution < -0.4 is 22.5 Å². The molecule has 0 aliphatic rings. The van der Waals surface area contributed by atoms with Crippen LogP contribution in [-0.2, 0) is 0 Å². The molecule has 0 saturated carbocycles. The molecule has 0 fully saturated rings. The van der Waals surface area contributed by atoms with E-state index in [4.69, 9.17) is 0 Å². The molecular formula is C50H37GeN. The van der Waals surface area contributed by atoms with E-state index in [1.54, 1.807) is 0 Å². The van der Waals surface area contributed by atoms with Crippen molar-refractivity contribution >= 4 is 69.5 Å². The first-order valence-corrected chi connectivity index (χ1v) is 22.1. The fourth-order valence-corrected chi connectivity index (χ4v) is 17.9. The van der Waals surface area contributed by atoms with Crippen LogP contribution in [0.5, 0.6) is 0 Å². The van der Waals surface area contributed by atoms with E-state index in [9.17, 15) is 0 Å². The number of fused-ring (bicyclic) bond motifs is 2. The number of hydrogen-bond acceptors (Lipinski definition) is 1. The van der Waals surface area contributed by atoms with E-state index in [1.165, 1.54) is 50.3 Å². The Hall–Kier alpha value is -6.16. The van der Waals surface area contributed by atoms with E-state index in [0.29, 0.717) is 0 Å². The van der Waals surface area contributed by atoms with Gasteiger partial charge in [0.2, 0.25) is 0 Å². The molecule has 0 radical (unpaired) electrons. The zero-order chi connectivity index (χ0) is 34.7. The molecule has 0 bridgehead atoms. The second-order valence-electron chi connectivity index (χ2n) is 13.3. The monoisotopic (exact) mass is 725 g/mol. The molecule has 0 unspecified atom stereocenters. The van der Waals surface area contributed by atoms with E-state index in [1.807, 2.05) is 0 Å². The summed E-state index contributed by atoms with van der Waals surface area (Å²) in [5.41, 5.74) is 5.86. The zero-order valence-corrected chi connectivity index (χ0v) is 30.9. The SMILES string of the molecule is c1cc[c]([Ge]([c]2ccccc2)([c]2ccccc2)[c]2ccc(-c3ccc(N(c4cccc5ccccc45)c4cccc5ccccc45)cc3)cc2)cc1. The molecule has 0 aromatic heterocycles. The van der Waals surface area contributed by atoms with Crippen molar-refractivity contribution in [2.24, 2.45) is 0 Å². The van der Waals surface area contributed by atoms with Gasteiger partial charge in [0, 0.05) is 0 Å². The standard InChI is InChI=1S/C50H37GeN/c1-4-20-42(21-5-1)51(43-22-6-2-7-23-43,44-24-8-3-9-25-44)45-34-30-38(31-35-45)39-32-36-46(37-33-39)52(49-28-14-18-40-16-10-12-26-47(40)49)50-29-15-19-41-17-11-13-27-48(41)50/h1-37H. The first kappa shape index (κ1) is 31.8. The summed E-state index contributed by atoms with van der Waals surface area (Å²) in [6.45, 7) is 0. The van der Waals surface area contributed by atoms with Gasteiger partial charge in [-0.3, -0.25) is 0 Å². The Morgan fingerprint density at radius 2 is 0.615 bits per heavy atom. The van der Waals surface area contributed by atoms with Crippen molar-refractivity contribution in [2.75, 3.05) is 4.90 Å². The predicted molar refractivity (Wildman–Crippen MR) is 225 cm³/mol. The number of anilines is 3. The third kappa shape index (κ3) is 5.60. The molecule has 9 rings (SSSR count). The van der Waals surface area contributed by atoms with Crippen molar-refractivity contribution in [1.29, 1.82) is 0 Å². The molecule has 0 atom stereocenters. The van der Waals surface area contributed by atoms with Gasteiger partial charge in [-0.05, 0) is 0 Å². The molecule has 0 heterocycles. The molecule has 9 aromatic rings. The van der Waals surface area contributed by atoms with Gasteiger partial charge in [-0.1, -0.05) is 48.5 Å². The molecule has 9 aromatic carbocycles. The second kappa shape index (κ2) is 13.9. The van der Waals surface area contributed by atoms with Crippen LogP contribution in [0.15, 0.2) is 224 Å². The zero-order valence-electron chi connectivity index (χ0n) is 28.8. The summed E-state index contributed by atoms with van der Waals surface area (Å²) in [5, 5.41) is 4.90. The molecule has 0 N–H and O–H groups in total. The van der Waals surface area contributed by atoms with Crippen LogP contribution in [0, 0.1) is 0 Å². The van der Waals surface area contributed by atoms with E-state index < -0.39 is 13.3 Å². The van der Waals surface area contributed by atoms with Crippen molar-refractivity contribution in [2.45, 2.75) is 0 Å². The first-order valence-electron chi connectivity index (χ1n) is 17.9. The third-order valence-corrected chi connectivity index (χ3v) is 20.5. The van der Waals surface area contributed by atoms with Gasteiger partial charge in [0.15, 0.2) is 0 Å². The van der Waals surface area contributed by atoms with Gasteiger partial charge in [0.25, 0.3) is 0 Å². The first-order chi connectivity index (χ1) is 25.8. The summed E-state index contributed by atoms with van der Waals surface area (Å²) in [5.74, 6) is 0. The Morgan fingerprint density at radius 1 is 0.269 bits per heavy atom. The van der Waals surface area contributed by atoms with Crippen LogP contribution in [0.1, 0.15) is 0 Å². The van der Waals surface area contributed by atoms with Gasteiger partial charge in [-0.2, -0.15) is 0 Å². The molecule has 0 spiro atoms. The van der Waals surface area contributed by atoms with Crippen LogP contribution in [0.4, 0.5) is 17.1 Å². The topological polar surface area (TPSA) is 3.24 Å². The van der Waals surface area contributed by atoms with Gasteiger partial charge in [-0.15, -0.1) is 0 Å². The number of rotatable bonds is 8. The maximum atomic E-state index is 2.42. The Morgan fingerprint density at radius 3 is 1.06 bits per heavy atom. The summed E-state index contributed by atoms with van der Waals surface area (Å²) in [4.78, 5) is 2.42. The van der Waals surface area contributed by atoms with Crippen molar-refractivity contribution in [1.82, 2.24) is 0 Å². The van der Waals surface area contributed by atoms with Gasteiger partial charge < -0.3 is 0 Å². The molecule has 52 heavy (non-hydrogen) atoms. The van der Waals surface area contributed by atoms with Crippen LogP contribution in [-0.4, -0.2) is 13.3 Å². The fourth-order valence-electron chi connectivity index (χ4n) is 7.99. The minimum atomic E-state index is -3.31. The maximum absolute atomic E-state index is 3.31. The predicted octanol–water partition coefficient (Wildman–Crippen LogP) is 10.5. The van der Waals surface area contributed by atoms with Gasteiger partial charge >= 0.3 is 261 Å². The van der Waals surface area contributed by atoms with Crippen molar-refractivity contribution in [3.63, 3.8) is 0 Å². The van der Waals surface area contributed by atoms with Crippen molar-refractivity contribution in [3.05, 3.63) is 224 Å². The Kier molecular flexibility index (Phi) is 8.48. The Bertz CT molecular complexity index is 2410. The second-order valence-corrected chi connectivity index (χ2v) is 21.3. The van der Waals surface area contributed by atoms with E-state index >= 15 is 0 Å². The molecule has 2 heteroatoms. The quantitative estimate of drug-likeness (QED) is 0.141. The third-order valence-electron chi connectivity index (χ3n) is 10.4. The normalized spacial score (nSPS) is 11.5. The van der Waals surface area contributed by atoms with E-state index in [2.05, 4.69) is 229 Å². The summed E-state index contributed by atoms with van der Waals surface area (Å²) in [7, 11) is 0. The summed E-state index contributed by atoms with van der Waals surface area (Å²) < 4.78 is 5.71. The summed E-state index contributed by atoms with van der Waals surface area (Å²) >= 11 is -3.31. The number of benzene rings is 9. The van der Waals surface area contributed by atoms with E-state index in [-0.39, 0.29) is 0 Å². The molecule has 246 valence electrons. The van der Waals surface area contributed by atoms with Crippen molar-refractivity contribution < 1.29 is 0 Å². The van der Waals surface area contributed by atoms with Gasteiger partial charge in [-0.25, -0.2) is 0 Å². The van der Waals surface area contributed by atoms with E-state index in [0.717, 1.165) is 17.1 Å². The van der Waals surface area contributed by atoms with Crippen LogP contribution in [0.2, 0.25) is 0 Å². The van der Waals surface area contributed by atoms with Gasteiger partial charge in [0.05, 0.1) is 0 Å². The van der Waals surface area contributed by atoms with Gasteiger partial charge in [0.1, 0.15) is 0 Å². The number of hydrogen-bond donors (Lipinski definition) is 0. The molecule has 0 aliphatic carbocycles. The molecular weight excluding hydrogens is 687 g/mol. The van der Waals surface area contributed by atoms with Crippen molar-refractivity contribution in [3.8, 4) is 11.1 Å².